The molecule has 9 heteroatoms. The van der Waals surface area contributed by atoms with E-state index >= 15 is 0 Å². The van der Waals surface area contributed by atoms with Crippen molar-refractivity contribution in [2.24, 2.45) is 0 Å². The lowest BCUT2D eigenvalue weighted by atomic mass is 10.1. The summed E-state index contributed by atoms with van der Waals surface area (Å²) in [6.45, 7) is 2.07. The van der Waals surface area contributed by atoms with E-state index in [0.29, 0.717) is 10.8 Å². The molecule has 0 fully saturated rings. The number of rotatable bonds is 4. The van der Waals surface area contributed by atoms with E-state index < -0.39 is 11.7 Å². The highest BCUT2D eigenvalue weighted by Crippen LogP contribution is 2.40. The molecule has 3 aromatic heterocycles. The van der Waals surface area contributed by atoms with Gasteiger partial charge in [-0.3, -0.25) is 0 Å². The van der Waals surface area contributed by atoms with Gasteiger partial charge in [0.1, 0.15) is 10.8 Å². The lowest BCUT2D eigenvalue weighted by Gasteiger charge is -2.08. The van der Waals surface area contributed by atoms with Gasteiger partial charge in [0.2, 0.25) is 5.88 Å². The Morgan fingerprint density at radius 1 is 1.00 bits per heavy atom. The molecule has 0 radical (unpaired) electrons. The summed E-state index contributed by atoms with van der Waals surface area (Å²) in [7, 11) is 0. The van der Waals surface area contributed by atoms with Crippen LogP contribution in [0.2, 0.25) is 5.02 Å². The predicted molar refractivity (Wildman–Crippen MR) is 127 cm³/mol. The third-order valence-electron chi connectivity index (χ3n) is 5.02. The van der Waals surface area contributed by atoms with E-state index in [1.807, 2.05) is 35.7 Å². The molecule has 0 N–H and O–H groups in total. The molecule has 0 amide bonds. The molecule has 0 aliphatic carbocycles. The number of halogens is 4. The van der Waals surface area contributed by atoms with E-state index in [0.717, 1.165) is 44.4 Å². The largest absolute Gasteiger partial charge is 0.439 e. The van der Waals surface area contributed by atoms with Crippen LogP contribution in [0.5, 0.6) is 11.6 Å². The minimum Gasteiger partial charge on any atom is -0.439 e. The van der Waals surface area contributed by atoms with Crippen LogP contribution in [0.1, 0.15) is 11.1 Å². The Balaban J connectivity index is 1.35. The zero-order valence-electron chi connectivity index (χ0n) is 17.0. The number of ether oxygens (including phenoxy) is 1. The molecular formula is C24H14ClF3N2OS2. The van der Waals surface area contributed by atoms with Crippen molar-refractivity contribution in [2.75, 3.05) is 0 Å². The Kier molecular flexibility index (Phi) is 5.60. The standard InChI is InChI=1S/C24H14ClF3N2OS2/c1-13-18-10-16(25)5-8-20(18)33-22(13)19-12-32-23(30-19)14-2-6-17(7-3-14)31-21-9-4-15(11-29-21)24(26,27)28/h2-12H,1H3. The molecule has 0 unspecified atom stereocenters. The summed E-state index contributed by atoms with van der Waals surface area (Å²) in [6.07, 6.45) is -3.67. The van der Waals surface area contributed by atoms with Crippen LogP contribution in [-0.2, 0) is 6.18 Å². The van der Waals surface area contributed by atoms with Crippen LogP contribution in [-0.4, -0.2) is 9.97 Å². The molecule has 166 valence electrons. The number of thiazole rings is 1. The summed E-state index contributed by atoms with van der Waals surface area (Å²) in [5.74, 6) is 0.563. The molecule has 5 rings (SSSR count). The smallest absolute Gasteiger partial charge is 0.417 e. The normalized spacial score (nSPS) is 11.8. The predicted octanol–water partition coefficient (Wildman–Crippen LogP) is 8.86. The van der Waals surface area contributed by atoms with Crippen LogP contribution >= 0.6 is 34.3 Å². The highest BCUT2D eigenvalue weighted by molar-refractivity contribution is 7.22. The number of fused-ring (bicyclic) bond motifs is 1. The summed E-state index contributed by atoms with van der Waals surface area (Å²) in [5.41, 5.74) is 2.17. The van der Waals surface area contributed by atoms with Gasteiger partial charge in [0.25, 0.3) is 0 Å². The number of thiophene rings is 1. The van der Waals surface area contributed by atoms with Gasteiger partial charge in [-0.25, -0.2) is 9.97 Å². The van der Waals surface area contributed by atoms with Crippen LogP contribution in [0.15, 0.2) is 66.2 Å². The van der Waals surface area contributed by atoms with Gasteiger partial charge in [0.05, 0.1) is 16.1 Å². The lowest BCUT2D eigenvalue weighted by Crippen LogP contribution is -2.05. The Hall–Kier alpha value is -2.94. The monoisotopic (exact) mass is 502 g/mol. The average molecular weight is 503 g/mol. The number of hydrogen-bond acceptors (Lipinski definition) is 5. The van der Waals surface area contributed by atoms with Crippen LogP contribution in [0.25, 0.3) is 31.2 Å². The number of aryl methyl sites for hydroxylation is 1. The van der Waals surface area contributed by atoms with Crippen LogP contribution < -0.4 is 4.74 Å². The molecule has 3 nitrogen and oxygen atoms in total. The van der Waals surface area contributed by atoms with Crippen molar-refractivity contribution in [3.05, 3.63) is 82.3 Å². The fraction of sp³-hybridized carbons (Fsp3) is 0.0833. The van der Waals surface area contributed by atoms with Gasteiger partial charge < -0.3 is 4.74 Å². The molecule has 5 aromatic rings. The topological polar surface area (TPSA) is 35.0 Å². The number of nitrogens with zero attached hydrogens (tertiary/aromatic N) is 2. The van der Waals surface area contributed by atoms with Crippen molar-refractivity contribution >= 4 is 44.4 Å². The maximum absolute atomic E-state index is 12.7. The van der Waals surface area contributed by atoms with Gasteiger partial charge in [0, 0.05) is 32.9 Å². The zero-order chi connectivity index (χ0) is 23.2. The second-order valence-electron chi connectivity index (χ2n) is 7.24. The van der Waals surface area contributed by atoms with E-state index in [1.165, 1.54) is 10.8 Å². The number of hydrogen-bond donors (Lipinski definition) is 0. The first-order valence-electron chi connectivity index (χ1n) is 9.74. The van der Waals surface area contributed by atoms with Gasteiger partial charge >= 0.3 is 6.18 Å². The molecule has 0 aliphatic rings. The molecule has 2 aromatic carbocycles. The minimum absolute atomic E-state index is 0.0904. The van der Waals surface area contributed by atoms with Crippen molar-refractivity contribution in [3.63, 3.8) is 0 Å². The van der Waals surface area contributed by atoms with E-state index in [-0.39, 0.29) is 5.88 Å². The second-order valence-corrected chi connectivity index (χ2v) is 9.59. The molecule has 3 heterocycles. The lowest BCUT2D eigenvalue weighted by molar-refractivity contribution is -0.137. The third-order valence-corrected chi connectivity index (χ3v) is 7.44. The minimum atomic E-state index is -4.43. The van der Waals surface area contributed by atoms with Crippen molar-refractivity contribution in [1.29, 1.82) is 0 Å². The first-order chi connectivity index (χ1) is 15.8. The van der Waals surface area contributed by atoms with Crippen molar-refractivity contribution < 1.29 is 17.9 Å². The Labute approximate surface area is 200 Å². The van der Waals surface area contributed by atoms with Crippen molar-refractivity contribution in [1.82, 2.24) is 9.97 Å². The van der Waals surface area contributed by atoms with Gasteiger partial charge in [-0.15, -0.1) is 22.7 Å². The second kappa shape index (κ2) is 8.44. The van der Waals surface area contributed by atoms with E-state index in [1.54, 1.807) is 34.8 Å². The maximum Gasteiger partial charge on any atom is 0.417 e. The van der Waals surface area contributed by atoms with Crippen LogP contribution in [0.4, 0.5) is 13.2 Å². The van der Waals surface area contributed by atoms with Crippen molar-refractivity contribution in [2.45, 2.75) is 13.1 Å². The maximum atomic E-state index is 12.7. The summed E-state index contributed by atoms with van der Waals surface area (Å²) < 4.78 is 44.7. The molecule has 0 spiro atoms. The van der Waals surface area contributed by atoms with Gasteiger partial charge in [-0.1, -0.05) is 11.6 Å². The highest BCUT2D eigenvalue weighted by Gasteiger charge is 2.30. The van der Waals surface area contributed by atoms with Gasteiger partial charge in [-0.05, 0) is 66.4 Å². The summed E-state index contributed by atoms with van der Waals surface area (Å²) in [5, 5.41) is 4.74. The molecule has 33 heavy (non-hydrogen) atoms. The molecule has 0 atom stereocenters. The summed E-state index contributed by atoms with van der Waals surface area (Å²) in [4.78, 5) is 9.66. The summed E-state index contributed by atoms with van der Waals surface area (Å²) >= 11 is 9.38. The number of pyridine rings is 1. The van der Waals surface area contributed by atoms with Crippen LogP contribution in [0.3, 0.4) is 0 Å². The fourth-order valence-electron chi connectivity index (χ4n) is 3.34. The fourth-order valence-corrected chi connectivity index (χ4v) is 5.56. The Bertz CT molecular complexity index is 1440. The Morgan fingerprint density at radius 3 is 2.48 bits per heavy atom. The average Bonchev–Trinajstić information content (AvgIpc) is 3.39. The van der Waals surface area contributed by atoms with Gasteiger partial charge in [0.15, 0.2) is 0 Å². The molecular weight excluding hydrogens is 489 g/mol. The van der Waals surface area contributed by atoms with Crippen molar-refractivity contribution in [3.8, 4) is 32.8 Å². The van der Waals surface area contributed by atoms with E-state index in [4.69, 9.17) is 21.3 Å². The summed E-state index contributed by atoms with van der Waals surface area (Å²) in [6, 6.07) is 15.2. The molecule has 0 bridgehead atoms. The Morgan fingerprint density at radius 2 is 1.79 bits per heavy atom. The highest BCUT2D eigenvalue weighted by atomic mass is 35.5. The van der Waals surface area contributed by atoms with Gasteiger partial charge in [-0.2, -0.15) is 13.2 Å². The molecule has 0 saturated carbocycles. The molecule has 0 saturated heterocycles. The number of benzene rings is 2. The quantitative estimate of drug-likeness (QED) is 0.246. The van der Waals surface area contributed by atoms with E-state index in [9.17, 15) is 13.2 Å². The third kappa shape index (κ3) is 4.46. The SMILES string of the molecule is Cc1c(-c2csc(-c3ccc(Oc4ccc(C(F)(F)F)cn4)cc3)n2)sc2ccc(Cl)cc12. The number of aromatic nitrogens is 2. The number of alkyl halides is 3. The first-order valence-corrected chi connectivity index (χ1v) is 11.8. The molecule has 0 aliphatic heterocycles. The zero-order valence-corrected chi connectivity index (χ0v) is 19.4. The van der Waals surface area contributed by atoms with Crippen LogP contribution in [0, 0.1) is 6.92 Å². The van der Waals surface area contributed by atoms with E-state index in [2.05, 4.69) is 11.9 Å². The first kappa shape index (κ1) is 21.9.